The fourth-order valence-electron chi connectivity index (χ4n) is 1.26. The van der Waals surface area contributed by atoms with Crippen LogP contribution in [0.15, 0.2) is 18.2 Å². The molecule has 0 bridgehead atoms. The molecular weight excluding hydrogens is 246 g/mol. The highest BCUT2D eigenvalue weighted by atomic mass is 19.3. The monoisotopic (exact) mass is 258 g/mol. The zero-order valence-corrected chi connectivity index (χ0v) is 9.79. The lowest BCUT2D eigenvalue weighted by Crippen LogP contribution is -2.20. The summed E-state index contributed by atoms with van der Waals surface area (Å²) in [6, 6.07) is 4.17. The molecule has 1 rings (SSSR count). The molecule has 0 fully saturated rings. The second-order valence-electron chi connectivity index (χ2n) is 3.39. The van der Waals surface area contributed by atoms with Crippen molar-refractivity contribution in [1.29, 1.82) is 0 Å². The molecule has 2 N–H and O–H groups in total. The maximum Gasteiger partial charge on any atom is 0.315 e. The average Bonchev–Trinajstić information content (AvgIpc) is 2.30. The third-order valence-corrected chi connectivity index (χ3v) is 1.98. The lowest BCUT2D eigenvalue weighted by atomic mass is 10.2. The van der Waals surface area contributed by atoms with Crippen molar-refractivity contribution in [3.8, 4) is 5.75 Å². The number of hydrogen-bond acceptors (Lipinski definition) is 3. The number of carbonyl (C=O) groups excluding carboxylic acids is 2. The molecule has 0 aliphatic rings. The first-order valence-electron chi connectivity index (χ1n) is 4.98. The van der Waals surface area contributed by atoms with Crippen molar-refractivity contribution in [3.05, 3.63) is 18.2 Å². The summed E-state index contributed by atoms with van der Waals surface area (Å²) in [7, 11) is 1.36. The number of nitrogens with one attached hydrogen (secondary N) is 2. The van der Waals surface area contributed by atoms with Gasteiger partial charge in [0.2, 0.25) is 5.91 Å². The molecule has 0 aliphatic carbocycles. The summed E-state index contributed by atoms with van der Waals surface area (Å²) in [4.78, 5) is 21.7. The first-order chi connectivity index (χ1) is 8.43. The summed E-state index contributed by atoms with van der Waals surface area (Å²) in [6.07, 6.45) is -3.09. The van der Waals surface area contributed by atoms with Gasteiger partial charge in [0.15, 0.2) is 0 Å². The van der Waals surface area contributed by atoms with Gasteiger partial charge in [-0.2, -0.15) is 8.78 Å². The Morgan fingerprint density at radius 3 is 2.44 bits per heavy atom. The highest BCUT2D eigenvalue weighted by Gasteiger charge is 2.15. The number of amides is 2. The fraction of sp³-hybridized carbons (Fsp3) is 0.273. The van der Waals surface area contributed by atoms with Crippen LogP contribution < -0.4 is 15.4 Å². The molecule has 0 saturated heterocycles. The smallest absolute Gasteiger partial charge is 0.315 e. The van der Waals surface area contributed by atoms with Crippen molar-refractivity contribution in [3.63, 3.8) is 0 Å². The van der Waals surface area contributed by atoms with Gasteiger partial charge in [0, 0.05) is 18.7 Å². The van der Waals surface area contributed by atoms with E-state index in [4.69, 9.17) is 4.74 Å². The minimum atomic E-state index is -3.09. The van der Waals surface area contributed by atoms with Crippen molar-refractivity contribution >= 4 is 23.2 Å². The number of hydrogen-bond donors (Lipinski definition) is 2. The van der Waals surface area contributed by atoms with E-state index in [2.05, 4.69) is 5.32 Å². The predicted octanol–water partition coefficient (Wildman–Crippen LogP) is 1.86. The van der Waals surface area contributed by atoms with E-state index in [-0.39, 0.29) is 17.3 Å². The summed E-state index contributed by atoms with van der Waals surface area (Å²) in [5.41, 5.74) is 0.547. The van der Waals surface area contributed by atoms with Gasteiger partial charge in [-0.05, 0) is 12.1 Å². The highest BCUT2D eigenvalue weighted by molar-refractivity contribution is 5.95. The SMILES string of the molecule is COc1cc(NC(=O)C(F)F)ccc1NC(C)=O. The predicted molar refractivity (Wildman–Crippen MR) is 61.9 cm³/mol. The lowest BCUT2D eigenvalue weighted by molar-refractivity contribution is -0.126. The van der Waals surface area contributed by atoms with Gasteiger partial charge in [-0.25, -0.2) is 0 Å². The van der Waals surface area contributed by atoms with Gasteiger partial charge in [-0.15, -0.1) is 0 Å². The molecular formula is C11H12F2N2O3. The number of benzene rings is 1. The molecule has 0 unspecified atom stereocenters. The Kier molecular flexibility index (Phi) is 4.59. The maximum atomic E-state index is 12.0. The zero-order chi connectivity index (χ0) is 13.7. The molecule has 0 atom stereocenters. The van der Waals surface area contributed by atoms with E-state index in [1.165, 1.54) is 32.2 Å². The molecule has 98 valence electrons. The van der Waals surface area contributed by atoms with Gasteiger partial charge in [0.1, 0.15) is 5.75 Å². The molecule has 0 aromatic heterocycles. The quantitative estimate of drug-likeness (QED) is 0.866. The molecule has 0 aliphatic heterocycles. The summed E-state index contributed by atoms with van der Waals surface area (Å²) in [5.74, 6) is -1.43. The van der Waals surface area contributed by atoms with Crippen molar-refractivity contribution in [2.45, 2.75) is 13.3 Å². The molecule has 0 saturated carbocycles. The Morgan fingerprint density at radius 2 is 1.94 bits per heavy atom. The molecule has 0 heterocycles. The fourth-order valence-corrected chi connectivity index (χ4v) is 1.26. The first kappa shape index (κ1) is 13.9. The van der Waals surface area contributed by atoms with E-state index in [0.717, 1.165) is 0 Å². The molecule has 18 heavy (non-hydrogen) atoms. The molecule has 0 radical (unpaired) electrons. The molecule has 1 aromatic carbocycles. The van der Waals surface area contributed by atoms with Gasteiger partial charge < -0.3 is 15.4 Å². The van der Waals surface area contributed by atoms with Crippen LogP contribution in [0.4, 0.5) is 20.2 Å². The highest BCUT2D eigenvalue weighted by Crippen LogP contribution is 2.28. The largest absolute Gasteiger partial charge is 0.494 e. The van der Waals surface area contributed by atoms with Crippen LogP contribution in [0.5, 0.6) is 5.75 Å². The summed E-state index contributed by atoms with van der Waals surface area (Å²) in [6.45, 7) is 1.33. The maximum absolute atomic E-state index is 12.0. The summed E-state index contributed by atoms with van der Waals surface area (Å²) >= 11 is 0. The van der Waals surface area contributed by atoms with Gasteiger partial charge in [-0.3, -0.25) is 9.59 Å². The Bertz CT molecular complexity index is 464. The number of rotatable bonds is 4. The van der Waals surface area contributed by atoms with E-state index < -0.39 is 12.3 Å². The Balaban J connectivity index is 2.91. The van der Waals surface area contributed by atoms with Crippen molar-refractivity contribution in [1.82, 2.24) is 0 Å². The topological polar surface area (TPSA) is 67.4 Å². The van der Waals surface area contributed by atoms with Gasteiger partial charge in [0.05, 0.1) is 12.8 Å². The molecule has 7 heteroatoms. The number of ether oxygens (including phenoxy) is 1. The van der Waals surface area contributed by atoms with E-state index >= 15 is 0 Å². The van der Waals surface area contributed by atoms with Gasteiger partial charge >= 0.3 is 6.43 Å². The number of methoxy groups -OCH3 is 1. The van der Waals surface area contributed by atoms with Gasteiger partial charge in [0.25, 0.3) is 5.91 Å². The van der Waals surface area contributed by atoms with Crippen LogP contribution >= 0.6 is 0 Å². The lowest BCUT2D eigenvalue weighted by Gasteiger charge is -2.11. The van der Waals surface area contributed by atoms with E-state index in [9.17, 15) is 18.4 Å². The van der Waals surface area contributed by atoms with E-state index in [1.807, 2.05) is 5.32 Å². The Hall–Kier alpha value is -2.18. The van der Waals surface area contributed by atoms with Crippen LogP contribution in [-0.2, 0) is 9.59 Å². The van der Waals surface area contributed by atoms with Crippen LogP contribution in [0.1, 0.15) is 6.92 Å². The van der Waals surface area contributed by atoms with E-state index in [1.54, 1.807) is 0 Å². The van der Waals surface area contributed by atoms with Crippen LogP contribution in [0.3, 0.4) is 0 Å². The zero-order valence-electron chi connectivity index (χ0n) is 9.79. The van der Waals surface area contributed by atoms with Crippen LogP contribution in [0.2, 0.25) is 0 Å². The van der Waals surface area contributed by atoms with Crippen LogP contribution in [0.25, 0.3) is 0 Å². The van der Waals surface area contributed by atoms with Gasteiger partial charge in [-0.1, -0.05) is 0 Å². The minimum Gasteiger partial charge on any atom is -0.494 e. The third kappa shape index (κ3) is 3.69. The van der Waals surface area contributed by atoms with Crippen LogP contribution in [-0.4, -0.2) is 25.3 Å². The van der Waals surface area contributed by atoms with Crippen molar-refractivity contribution in [2.24, 2.45) is 0 Å². The van der Waals surface area contributed by atoms with Crippen molar-refractivity contribution in [2.75, 3.05) is 17.7 Å². The summed E-state index contributed by atoms with van der Waals surface area (Å²) in [5, 5.41) is 4.52. The van der Waals surface area contributed by atoms with E-state index in [0.29, 0.717) is 5.69 Å². The Morgan fingerprint density at radius 1 is 1.28 bits per heavy atom. The van der Waals surface area contributed by atoms with Crippen molar-refractivity contribution < 1.29 is 23.1 Å². The number of carbonyl (C=O) groups is 2. The second kappa shape index (κ2) is 5.95. The molecule has 0 spiro atoms. The third-order valence-electron chi connectivity index (χ3n) is 1.98. The molecule has 5 nitrogen and oxygen atoms in total. The Labute approximate surface area is 102 Å². The first-order valence-corrected chi connectivity index (χ1v) is 4.98. The number of halogens is 2. The average molecular weight is 258 g/mol. The minimum absolute atomic E-state index is 0.159. The summed E-state index contributed by atoms with van der Waals surface area (Å²) < 4.78 is 29.1. The van der Waals surface area contributed by atoms with Crippen LogP contribution in [0, 0.1) is 0 Å². The molecule has 2 amide bonds. The number of alkyl halides is 2. The normalized spacial score (nSPS) is 10.1. The number of anilines is 2. The second-order valence-corrected chi connectivity index (χ2v) is 3.39. The molecule has 1 aromatic rings. The standard InChI is InChI=1S/C11H12F2N2O3/c1-6(16)14-8-4-3-7(5-9(8)18-2)15-11(17)10(12)13/h3-5,10H,1-2H3,(H,14,16)(H,15,17).